The SMILES string of the molecule is CCCc1ccc(S(=O)(=O)N[C@@H]2COc3ccc(OC)cc3C2)cc1. The summed E-state index contributed by atoms with van der Waals surface area (Å²) in [7, 11) is -1.97. The lowest BCUT2D eigenvalue weighted by atomic mass is 10.0. The summed E-state index contributed by atoms with van der Waals surface area (Å²) in [6.45, 7) is 2.41. The van der Waals surface area contributed by atoms with Crippen molar-refractivity contribution < 1.29 is 17.9 Å². The minimum atomic E-state index is -3.57. The lowest BCUT2D eigenvalue weighted by Crippen LogP contribution is -2.42. The lowest BCUT2D eigenvalue weighted by Gasteiger charge is -2.26. The molecule has 2 aromatic rings. The molecular weight excluding hydrogens is 338 g/mol. The van der Waals surface area contributed by atoms with Gasteiger partial charge in [0, 0.05) is 0 Å². The first-order chi connectivity index (χ1) is 12.0. The number of rotatable bonds is 6. The average molecular weight is 361 g/mol. The van der Waals surface area contributed by atoms with Crippen molar-refractivity contribution in [3.63, 3.8) is 0 Å². The predicted octanol–water partition coefficient (Wildman–Crippen LogP) is 2.93. The highest BCUT2D eigenvalue weighted by Gasteiger charge is 2.25. The Kier molecular flexibility index (Phi) is 5.30. The molecule has 0 aromatic heterocycles. The van der Waals surface area contributed by atoms with Crippen molar-refractivity contribution in [1.29, 1.82) is 0 Å². The van der Waals surface area contributed by atoms with E-state index in [2.05, 4.69) is 11.6 Å². The highest BCUT2D eigenvalue weighted by molar-refractivity contribution is 7.89. The van der Waals surface area contributed by atoms with E-state index in [4.69, 9.17) is 9.47 Å². The fourth-order valence-electron chi connectivity index (χ4n) is 2.98. The largest absolute Gasteiger partial charge is 0.497 e. The molecule has 1 aliphatic rings. The van der Waals surface area contributed by atoms with Crippen molar-refractivity contribution in [1.82, 2.24) is 4.72 Å². The van der Waals surface area contributed by atoms with E-state index in [9.17, 15) is 8.42 Å². The molecule has 0 aliphatic carbocycles. The normalized spacial score (nSPS) is 16.8. The zero-order valence-corrected chi connectivity index (χ0v) is 15.3. The van der Waals surface area contributed by atoms with Crippen LogP contribution in [0.4, 0.5) is 0 Å². The second kappa shape index (κ2) is 7.45. The first-order valence-corrected chi connectivity index (χ1v) is 9.91. The monoisotopic (exact) mass is 361 g/mol. The minimum Gasteiger partial charge on any atom is -0.497 e. The average Bonchev–Trinajstić information content (AvgIpc) is 2.61. The molecule has 1 atom stereocenters. The molecule has 5 nitrogen and oxygen atoms in total. The molecule has 0 spiro atoms. The summed E-state index contributed by atoms with van der Waals surface area (Å²) in [6, 6.07) is 12.3. The number of ether oxygens (including phenoxy) is 2. The van der Waals surface area contributed by atoms with Gasteiger partial charge < -0.3 is 9.47 Å². The van der Waals surface area contributed by atoms with E-state index in [0.717, 1.165) is 35.5 Å². The zero-order valence-electron chi connectivity index (χ0n) is 14.5. The van der Waals surface area contributed by atoms with Crippen LogP contribution in [-0.4, -0.2) is 28.2 Å². The first kappa shape index (κ1) is 17.8. The van der Waals surface area contributed by atoms with Crippen LogP contribution in [0.25, 0.3) is 0 Å². The Labute approximate surface area is 149 Å². The third-order valence-electron chi connectivity index (χ3n) is 4.27. The quantitative estimate of drug-likeness (QED) is 0.859. The van der Waals surface area contributed by atoms with Crippen molar-refractivity contribution >= 4 is 10.0 Å². The molecule has 134 valence electrons. The zero-order chi connectivity index (χ0) is 17.9. The van der Waals surface area contributed by atoms with Crippen molar-refractivity contribution in [2.24, 2.45) is 0 Å². The van der Waals surface area contributed by atoms with Crippen LogP contribution in [0, 0.1) is 0 Å². The van der Waals surface area contributed by atoms with E-state index < -0.39 is 10.0 Å². The maximum absolute atomic E-state index is 12.6. The summed E-state index contributed by atoms with van der Waals surface area (Å²) < 4.78 is 38.9. The van der Waals surface area contributed by atoms with Crippen LogP contribution in [0.5, 0.6) is 11.5 Å². The Morgan fingerprint density at radius 3 is 2.64 bits per heavy atom. The van der Waals surface area contributed by atoms with Crippen molar-refractivity contribution in [3.8, 4) is 11.5 Å². The summed E-state index contributed by atoms with van der Waals surface area (Å²) in [5, 5.41) is 0. The van der Waals surface area contributed by atoms with E-state index in [1.54, 1.807) is 19.2 Å². The van der Waals surface area contributed by atoms with Crippen LogP contribution in [0.15, 0.2) is 47.4 Å². The van der Waals surface area contributed by atoms with Gasteiger partial charge in [-0.05, 0) is 54.3 Å². The highest BCUT2D eigenvalue weighted by atomic mass is 32.2. The maximum atomic E-state index is 12.6. The van der Waals surface area contributed by atoms with Gasteiger partial charge in [0.25, 0.3) is 0 Å². The fourth-order valence-corrected chi connectivity index (χ4v) is 4.21. The van der Waals surface area contributed by atoms with E-state index >= 15 is 0 Å². The lowest BCUT2D eigenvalue weighted by molar-refractivity contribution is 0.253. The van der Waals surface area contributed by atoms with E-state index in [-0.39, 0.29) is 10.9 Å². The van der Waals surface area contributed by atoms with Crippen LogP contribution >= 0.6 is 0 Å². The second-order valence-corrected chi connectivity index (χ2v) is 7.91. The molecule has 0 unspecified atom stereocenters. The molecule has 2 aromatic carbocycles. The molecule has 6 heteroatoms. The smallest absolute Gasteiger partial charge is 0.240 e. The van der Waals surface area contributed by atoms with Gasteiger partial charge in [0.2, 0.25) is 10.0 Å². The molecule has 0 radical (unpaired) electrons. The summed E-state index contributed by atoms with van der Waals surface area (Å²) in [5.74, 6) is 1.51. The number of sulfonamides is 1. The van der Waals surface area contributed by atoms with Gasteiger partial charge in [-0.1, -0.05) is 25.5 Å². The van der Waals surface area contributed by atoms with Crippen LogP contribution in [0.1, 0.15) is 24.5 Å². The number of aryl methyl sites for hydroxylation is 1. The Morgan fingerprint density at radius 1 is 1.20 bits per heavy atom. The Balaban J connectivity index is 1.72. The van der Waals surface area contributed by atoms with Crippen LogP contribution in [-0.2, 0) is 22.9 Å². The third kappa shape index (κ3) is 4.14. The van der Waals surface area contributed by atoms with Crippen LogP contribution < -0.4 is 14.2 Å². The molecule has 0 bridgehead atoms. The second-order valence-electron chi connectivity index (χ2n) is 6.20. The molecular formula is C19H23NO4S. The molecule has 3 rings (SSSR count). The van der Waals surface area contributed by atoms with Crippen molar-refractivity contribution in [2.75, 3.05) is 13.7 Å². The predicted molar refractivity (Wildman–Crippen MR) is 96.7 cm³/mol. The molecule has 1 heterocycles. The van der Waals surface area contributed by atoms with Crippen LogP contribution in [0.2, 0.25) is 0 Å². The fraction of sp³-hybridized carbons (Fsp3) is 0.368. The van der Waals surface area contributed by atoms with Gasteiger partial charge >= 0.3 is 0 Å². The topological polar surface area (TPSA) is 64.6 Å². The molecule has 0 fully saturated rings. The van der Waals surface area contributed by atoms with Gasteiger partial charge in [-0.2, -0.15) is 0 Å². The summed E-state index contributed by atoms with van der Waals surface area (Å²) in [5.41, 5.74) is 2.08. The summed E-state index contributed by atoms with van der Waals surface area (Å²) in [6.07, 6.45) is 2.55. The molecule has 0 saturated carbocycles. The molecule has 0 amide bonds. The van der Waals surface area contributed by atoms with Crippen molar-refractivity contribution in [3.05, 3.63) is 53.6 Å². The van der Waals surface area contributed by atoms with E-state index in [1.165, 1.54) is 0 Å². The minimum absolute atomic E-state index is 0.281. The van der Waals surface area contributed by atoms with Gasteiger partial charge in [-0.15, -0.1) is 0 Å². The van der Waals surface area contributed by atoms with Gasteiger partial charge in [0.1, 0.15) is 18.1 Å². The number of methoxy groups -OCH3 is 1. The van der Waals surface area contributed by atoms with Gasteiger partial charge in [-0.3, -0.25) is 0 Å². The standard InChI is InChI=1S/C19H23NO4S/c1-3-4-14-5-8-18(9-6-14)25(21,22)20-16-11-15-12-17(23-2)7-10-19(15)24-13-16/h5-10,12,16,20H,3-4,11,13H2,1-2H3/t16-/m0/s1. The highest BCUT2D eigenvalue weighted by Crippen LogP contribution is 2.29. The third-order valence-corrected chi connectivity index (χ3v) is 5.80. The summed E-state index contributed by atoms with van der Waals surface area (Å²) >= 11 is 0. The summed E-state index contributed by atoms with van der Waals surface area (Å²) in [4.78, 5) is 0.281. The molecule has 0 saturated heterocycles. The number of hydrogen-bond donors (Lipinski definition) is 1. The number of fused-ring (bicyclic) bond motifs is 1. The molecule has 1 N–H and O–H groups in total. The number of benzene rings is 2. The Hall–Kier alpha value is -2.05. The van der Waals surface area contributed by atoms with Gasteiger partial charge in [-0.25, -0.2) is 13.1 Å². The Bertz CT molecular complexity index is 831. The van der Waals surface area contributed by atoms with E-state index in [0.29, 0.717) is 13.0 Å². The van der Waals surface area contributed by atoms with Gasteiger partial charge in [0.15, 0.2) is 0 Å². The maximum Gasteiger partial charge on any atom is 0.240 e. The number of hydrogen-bond acceptors (Lipinski definition) is 4. The van der Waals surface area contributed by atoms with Crippen LogP contribution in [0.3, 0.4) is 0 Å². The number of nitrogens with one attached hydrogen (secondary N) is 1. The van der Waals surface area contributed by atoms with E-state index in [1.807, 2.05) is 30.3 Å². The first-order valence-electron chi connectivity index (χ1n) is 8.43. The molecule has 1 aliphatic heterocycles. The Morgan fingerprint density at radius 2 is 1.96 bits per heavy atom. The molecule has 25 heavy (non-hydrogen) atoms. The van der Waals surface area contributed by atoms with Gasteiger partial charge in [0.05, 0.1) is 18.0 Å². The van der Waals surface area contributed by atoms with Crippen molar-refractivity contribution in [2.45, 2.75) is 37.1 Å².